The fraction of sp³-hybridized carbons (Fsp3) is 1.00. The predicted molar refractivity (Wildman–Crippen MR) is 36.0 cm³/mol. The maximum atomic E-state index is 5.46. The molecule has 0 bridgehead atoms. The second-order valence-corrected chi connectivity index (χ2v) is 2.42. The van der Waals surface area contributed by atoms with Crippen LogP contribution in [0.3, 0.4) is 0 Å². The molecule has 54 valence electrons. The molecule has 0 radical (unpaired) electrons. The molecule has 2 N–H and O–H groups in total. The largest absolute Gasteiger partial charge is 0.379 e. The van der Waals surface area contributed by atoms with Crippen molar-refractivity contribution in [1.82, 2.24) is 4.90 Å². The van der Waals surface area contributed by atoms with E-state index in [1.807, 2.05) is 0 Å². The molecule has 0 aliphatic carbocycles. The molecule has 0 aromatic heterocycles. The van der Waals surface area contributed by atoms with Crippen LogP contribution in [0.25, 0.3) is 0 Å². The van der Waals surface area contributed by atoms with Gasteiger partial charge in [0.1, 0.15) is 0 Å². The van der Waals surface area contributed by atoms with Gasteiger partial charge in [0.2, 0.25) is 0 Å². The number of nitrogens with zero attached hydrogens (tertiary/aromatic N) is 1. The molecule has 1 saturated heterocycles. The SMILES string of the molecule is CC1COCCN1CN. The molecule has 0 spiro atoms. The van der Waals surface area contributed by atoms with Crippen molar-refractivity contribution >= 4 is 0 Å². The molecular weight excluding hydrogens is 116 g/mol. The maximum absolute atomic E-state index is 5.46. The summed E-state index contributed by atoms with van der Waals surface area (Å²) in [5.74, 6) is 0. The van der Waals surface area contributed by atoms with Crippen LogP contribution in [0.2, 0.25) is 0 Å². The molecule has 1 fully saturated rings. The third-order valence-corrected chi connectivity index (χ3v) is 1.74. The first-order valence-electron chi connectivity index (χ1n) is 3.36. The Hall–Kier alpha value is -0.120. The minimum absolute atomic E-state index is 0.503. The molecule has 3 nitrogen and oxygen atoms in total. The molecule has 1 aliphatic heterocycles. The summed E-state index contributed by atoms with van der Waals surface area (Å²) in [6.07, 6.45) is 0. The molecule has 1 rings (SSSR count). The van der Waals surface area contributed by atoms with E-state index in [1.54, 1.807) is 0 Å². The topological polar surface area (TPSA) is 38.5 Å². The van der Waals surface area contributed by atoms with E-state index in [9.17, 15) is 0 Å². The van der Waals surface area contributed by atoms with Crippen molar-refractivity contribution in [1.29, 1.82) is 0 Å². The van der Waals surface area contributed by atoms with Crippen LogP contribution in [0, 0.1) is 0 Å². The molecule has 1 atom stereocenters. The Bertz CT molecular complexity index is 87.1. The molecule has 1 heterocycles. The average molecular weight is 130 g/mol. The van der Waals surface area contributed by atoms with E-state index in [0.29, 0.717) is 12.7 Å². The minimum atomic E-state index is 0.503. The van der Waals surface area contributed by atoms with Crippen molar-refractivity contribution in [3.05, 3.63) is 0 Å². The van der Waals surface area contributed by atoms with Gasteiger partial charge in [-0.2, -0.15) is 0 Å². The number of rotatable bonds is 1. The van der Waals surface area contributed by atoms with Crippen molar-refractivity contribution < 1.29 is 4.74 Å². The van der Waals surface area contributed by atoms with E-state index in [2.05, 4.69) is 11.8 Å². The first-order valence-corrected chi connectivity index (χ1v) is 3.36. The van der Waals surface area contributed by atoms with Gasteiger partial charge in [-0.3, -0.25) is 4.90 Å². The van der Waals surface area contributed by atoms with Crippen molar-refractivity contribution in [2.75, 3.05) is 26.4 Å². The minimum Gasteiger partial charge on any atom is -0.379 e. The van der Waals surface area contributed by atoms with Crippen molar-refractivity contribution in [2.24, 2.45) is 5.73 Å². The Morgan fingerprint density at radius 1 is 1.78 bits per heavy atom. The van der Waals surface area contributed by atoms with Crippen molar-refractivity contribution in [2.45, 2.75) is 13.0 Å². The van der Waals surface area contributed by atoms with Crippen LogP contribution in [0.1, 0.15) is 6.92 Å². The van der Waals surface area contributed by atoms with Crippen LogP contribution in [-0.4, -0.2) is 37.4 Å². The van der Waals surface area contributed by atoms with Gasteiger partial charge in [0, 0.05) is 19.3 Å². The summed E-state index contributed by atoms with van der Waals surface area (Å²) in [6, 6.07) is 0.503. The summed E-state index contributed by atoms with van der Waals surface area (Å²) in [4.78, 5) is 2.21. The highest BCUT2D eigenvalue weighted by Crippen LogP contribution is 2.02. The lowest BCUT2D eigenvalue weighted by Crippen LogP contribution is -2.46. The van der Waals surface area contributed by atoms with Gasteiger partial charge < -0.3 is 10.5 Å². The van der Waals surface area contributed by atoms with Crippen molar-refractivity contribution in [3.8, 4) is 0 Å². The second-order valence-electron chi connectivity index (χ2n) is 2.42. The molecule has 1 aliphatic rings. The number of hydrogen-bond donors (Lipinski definition) is 1. The van der Waals surface area contributed by atoms with Gasteiger partial charge in [-0.1, -0.05) is 0 Å². The van der Waals surface area contributed by atoms with E-state index < -0.39 is 0 Å². The highest BCUT2D eigenvalue weighted by atomic mass is 16.5. The Balaban J connectivity index is 2.30. The predicted octanol–water partition coefficient (Wildman–Crippen LogP) is -0.377. The quantitative estimate of drug-likeness (QED) is 0.526. The van der Waals surface area contributed by atoms with Gasteiger partial charge in [0.15, 0.2) is 0 Å². The summed E-state index contributed by atoms with van der Waals surface area (Å²) in [5, 5.41) is 0. The fourth-order valence-corrected chi connectivity index (χ4v) is 1.03. The average Bonchev–Trinajstić information content (AvgIpc) is 1.89. The lowest BCUT2D eigenvalue weighted by Gasteiger charge is -2.31. The Morgan fingerprint density at radius 2 is 2.56 bits per heavy atom. The summed E-state index contributed by atoms with van der Waals surface area (Å²) in [6.45, 7) is 5.44. The molecular formula is C6H14N2O. The molecule has 0 aromatic rings. The number of morpholine rings is 1. The smallest absolute Gasteiger partial charge is 0.0620 e. The highest BCUT2D eigenvalue weighted by Gasteiger charge is 2.15. The zero-order valence-corrected chi connectivity index (χ0v) is 5.84. The molecule has 3 heteroatoms. The van der Waals surface area contributed by atoms with Gasteiger partial charge in [0.25, 0.3) is 0 Å². The van der Waals surface area contributed by atoms with E-state index in [1.165, 1.54) is 0 Å². The number of hydrogen-bond acceptors (Lipinski definition) is 3. The first-order chi connectivity index (χ1) is 4.34. The van der Waals surface area contributed by atoms with Crippen LogP contribution in [-0.2, 0) is 4.74 Å². The molecule has 0 aromatic carbocycles. The van der Waals surface area contributed by atoms with Crippen LogP contribution in [0.4, 0.5) is 0 Å². The van der Waals surface area contributed by atoms with Gasteiger partial charge in [0.05, 0.1) is 13.2 Å². The van der Waals surface area contributed by atoms with Crippen LogP contribution in [0.5, 0.6) is 0 Å². The second kappa shape index (κ2) is 3.15. The number of ether oxygens (including phenoxy) is 1. The zero-order valence-electron chi connectivity index (χ0n) is 5.84. The van der Waals surface area contributed by atoms with E-state index in [4.69, 9.17) is 10.5 Å². The van der Waals surface area contributed by atoms with Crippen molar-refractivity contribution in [3.63, 3.8) is 0 Å². The Kier molecular flexibility index (Phi) is 2.45. The number of nitrogens with two attached hydrogens (primary N) is 1. The van der Waals surface area contributed by atoms with Crippen LogP contribution in [0.15, 0.2) is 0 Å². The molecule has 1 unspecified atom stereocenters. The van der Waals surface area contributed by atoms with Crippen LogP contribution < -0.4 is 5.73 Å². The monoisotopic (exact) mass is 130 g/mol. The van der Waals surface area contributed by atoms with E-state index >= 15 is 0 Å². The lowest BCUT2D eigenvalue weighted by molar-refractivity contribution is 0.00104. The molecule has 0 amide bonds. The lowest BCUT2D eigenvalue weighted by atomic mass is 10.3. The maximum Gasteiger partial charge on any atom is 0.0620 e. The third-order valence-electron chi connectivity index (χ3n) is 1.74. The molecule has 9 heavy (non-hydrogen) atoms. The van der Waals surface area contributed by atoms with Gasteiger partial charge in [-0.15, -0.1) is 0 Å². The zero-order chi connectivity index (χ0) is 6.69. The summed E-state index contributed by atoms with van der Waals surface area (Å²) in [7, 11) is 0. The third kappa shape index (κ3) is 1.64. The normalized spacial score (nSPS) is 30.7. The van der Waals surface area contributed by atoms with Crippen LogP contribution >= 0.6 is 0 Å². The Labute approximate surface area is 55.8 Å². The highest BCUT2D eigenvalue weighted by molar-refractivity contribution is 4.68. The summed E-state index contributed by atoms with van der Waals surface area (Å²) < 4.78 is 5.22. The summed E-state index contributed by atoms with van der Waals surface area (Å²) >= 11 is 0. The Morgan fingerprint density at radius 3 is 3.00 bits per heavy atom. The first kappa shape index (κ1) is 6.99. The van der Waals surface area contributed by atoms with E-state index in [-0.39, 0.29) is 0 Å². The van der Waals surface area contributed by atoms with Gasteiger partial charge in [-0.05, 0) is 6.92 Å². The van der Waals surface area contributed by atoms with Gasteiger partial charge >= 0.3 is 0 Å². The molecule has 0 saturated carbocycles. The standard InChI is InChI=1S/C6H14N2O/c1-6-4-9-3-2-8(6)5-7/h6H,2-5,7H2,1H3. The van der Waals surface area contributed by atoms with E-state index in [0.717, 1.165) is 19.8 Å². The van der Waals surface area contributed by atoms with Gasteiger partial charge in [-0.25, -0.2) is 0 Å². The summed E-state index contributed by atoms with van der Waals surface area (Å²) in [5.41, 5.74) is 5.46. The fourth-order valence-electron chi connectivity index (χ4n) is 1.03.